The maximum Gasteiger partial charge on any atom is 0.142 e. The van der Waals surface area contributed by atoms with Gasteiger partial charge in [0.15, 0.2) is 0 Å². The van der Waals surface area contributed by atoms with Gasteiger partial charge in [-0.1, -0.05) is 44.2 Å². The standard InChI is InChI=1S/C18H23NO2/c1-15(2)14-21-18-11-7-6-10-17(18)19-12-13-20-16-8-4-3-5-9-16/h3-11,15,19H,12-14H2,1-2H3. The predicted molar refractivity (Wildman–Crippen MR) is 87.2 cm³/mol. The van der Waals surface area contributed by atoms with Crippen molar-refractivity contribution in [1.82, 2.24) is 0 Å². The average Bonchev–Trinajstić information content (AvgIpc) is 2.51. The van der Waals surface area contributed by atoms with Crippen LogP contribution in [0.5, 0.6) is 11.5 Å². The number of nitrogens with one attached hydrogen (secondary N) is 1. The highest BCUT2D eigenvalue weighted by molar-refractivity contribution is 5.56. The van der Waals surface area contributed by atoms with Gasteiger partial charge in [0.2, 0.25) is 0 Å². The topological polar surface area (TPSA) is 30.5 Å². The smallest absolute Gasteiger partial charge is 0.142 e. The van der Waals surface area contributed by atoms with Crippen LogP contribution in [0.3, 0.4) is 0 Å². The molecule has 0 saturated heterocycles. The van der Waals surface area contributed by atoms with Gasteiger partial charge in [-0.05, 0) is 30.2 Å². The highest BCUT2D eigenvalue weighted by atomic mass is 16.5. The fourth-order valence-electron chi connectivity index (χ4n) is 1.87. The highest BCUT2D eigenvalue weighted by Gasteiger charge is 2.03. The van der Waals surface area contributed by atoms with E-state index >= 15 is 0 Å². The van der Waals surface area contributed by atoms with Crippen molar-refractivity contribution >= 4 is 5.69 Å². The van der Waals surface area contributed by atoms with Gasteiger partial charge >= 0.3 is 0 Å². The zero-order valence-electron chi connectivity index (χ0n) is 12.7. The molecule has 0 aliphatic heterocycles. The molecule has 0 aliphatic carbocycles. The van der Waals surface area contributed by atoms with Crippen molar-refractivity contribution in [2.45, 2.75) is 13.8 Å². The van der Waals surface area contributed by atoms with Gasteiger partial charge in [0.05, 0.1) is 12.3 Å². The molecule has 3 nitrogen and oxygen atoms in total. The molecule has 3 heteroatoms. The van der Waals surface area contributed by atoms with Gasteiger partial charge in [-0.25, -0.2) is 0 Å². The Kier molecular flexibility index (Phi) is 5.95. The van der Waals surface area contributed by atoms with Gasteiger partial charge < -0.3 is 14.8 Å². The molecule has 0 bridgehead atoms. The Morgan fingerprint density at radius 1 is 0.905 bits per heavy atom. The largest absolute Gasteiger partial charge is 0.492 e. The molecule has 0 spiro atoms. The summed E-state index contributed by atoms with van der Waals surface area (Å²) in [7, 11) is 0. The lowest BCUT2D eigenvalue weighted by Crippen LogP contribution is -2.13. The van der Waals surface area contributed by atoms with Crippen LogP contribution in [0.15, 0.2) is 54.6 Å². The second kappa shape index (κ2) is 8.20. The maximum atomic E-state index is 5.81. The molecule has 0 fully saturated rings. The van der Waals surface area contributed by atoms with Crippen LogP contribution in [-0.2, 0) is 0 Å². The molecule has 112 valence electrons. The van der Waals surface area contributed by atoms with Crippen LogP contribution >= 0.6 is 0 Å². The van der Waals surface area contributed by atoms with E-state index in [1.807, 2.05) is 54.6 Å². The van der Waals surface area contributed by atoms with E-state index in [2.05, 4.69) is 19.2 Å². The van der Waals surface area contributed by atoms with Crippen LogP contribution in [0.1, 0.15) is 13.8 Å². The van der Waals surface area contributed by atoms with Crippen molar-refractivity contribution in [2.24, 2.45) is 5.92 Å². The Balaban J connectivity index is 1.80. The van der Waals surface area contributed by atoms with E-state index in [4.69, 9.17) is 9.47 Å². The first kappa shape index (κ1) is 15.2. The number of benzene rings is 2. The molecule has 0 atom stereocenters. The number of anilines is 1. The van der Waals surface area contributed by atoms with E-state index < -0.39 is 0 Å². The summed E-state index contributed by atoms with van der Waals surface area (Å²) in [4.78, 5) is 0. The predicted octanol–water partition coefficient (Wildman–Crippen LogP) is 4.21. The normalized spacial score (nSPS) is 10.4. The minimum atomic E-state index is 0.513. The summed E-state index contributed by atoms with van der Waals surface area (Å²) < 4.78 is 11.5. The van der Waals surface area contributed by atoms with Crippen LogP contribution in [0.2, 0.25) is 0 Å². The van der Waals surface area contributed by atoms with Crippen molar-refractivity contribution in [2.75, 3.05) is 25.1 Å². The number of ether oxygens (including phenoxy) is 2. The Labute approximate surface area is 126 Å². The van der Waals surface area contributed by atoms with Gasteiger partial charge in [-0.2, -0.15) is 0 Å². The Morgan fingerprint density at radius 3 is 2.38 bits per heavy atom. The van der Waals surface area contributed by atoms with Crippen LogP contribution in [0.4, 0.5) is 5.69 Å². The molecule has 2 aromatic rings. The maximum absolute atomic E-state index is 5.81. The number of hydrogen-bond donors (Lipinski definition) is 1. The molecular formula is C18H23NO2. The first-order valence-electron chi connectivity index (χ1n) is 7.39. The van der Waals surface area contributed by atoms with Crippen molar-refractivity contribution in [3.05, 3.63) is 54.6 Å². The van der Waals surface area contributed by atoms with Crippen molar-refractivity contribution < 1.29 is 9.47 Å². The third-order valence-electron chi connectivity index (χ3n) is 2.89. The summed E-state index contributed by atoms with van der Waals surface area (Å²) in [6, 6.07) is 17.8. The van der Waals surface area contributed by atoms with Gasteiger partial charge in [0.1, 0.15) is 18.1 Å². The second-order valence-electron chi connectivity index (χ2n) is 5.29. The fraction of sp³-hybridized carbons (Fsp3) is 0.333. The molecule has 0 heterocycles. The minimum absolute atomic E-state index is 0.513. The molecule has 1 N–H and O–H groups in total. The van der Waals surface area contributed by atoms with Gasteiger partial charge in [0, 0.05) is 6.54 Å². The lowest BCUT2D eigenvalue weighted by Gasteiger charge is -2.14. The van der Waals surface area contributed by atoms with E-state index in [1.165, 1.54) is 0 Å². The van der Waals surface area contributed by atoms with E-state index in [0.29, 0.717) is 12.5 Å². The van der Waals surface area contributed by atoms with Gasteiger partial charge in [-0.15, -0.1) is 0 Å². The van der Waals surface area contributed by atoms with E-state index in [1.54, 1.807) is 0 Å². The summed E-state index contributed by atoms with van der Waals surface area (Å²) in [5, 5.41) is 3.36. The first-order chi connectivity index (χ1) is 10.3. The zero-order valence-corrected chi connectivity index (χ0v) is 12.7. The summed E-state index contributed by atoms with van der Waals surface area (Å²) in [5.41, 5.74) is 1.01. The van der Waals surface area contributed by atoms with Crippen LogP contribution < -0.4 is 14.8 Å². The van der Waals surface area contributed by atoms with E-state index in [9.17, 15) is 0 Å². The van der Waals surface area contributed by atoms with Gasteiger partial charge in [-0.3, -0.25) is 0 Å². The molecule has 21 heavy (non-hydrogen) atoms. The molecule has 0 aromatic heterocycles. The second-order valence-corrected chi connectivity index (χ2v) is 5.29. The summed E-state index contributed by atoms with van der Waals surface area (Å²) in [6.45, 7) is 6.35. The van der Waals surface area contributed by atoms with Gasteiger partial charge in [0.25, 0.3) is 0 Å². The molecule has 0 aliphatic rings. The Morgan fingerprint density at radius 2 is 1.62 bits per heavy atom. The van der Waals surface area contributed by atoms with Crippen LogP contribution in [0.25, 0.3) is 0 Å². The van der Waals surface area contributed by atoms with Crippen molar-refractivity contribution in [3.8, 4) is 11.5 Å². The monoisotopic (exact) mass is 285 g/mol. The fourth-order valence-corrected chi connectivity index (χ4v) is 1.87. The zero-order chi connectivity index (χ0) is 14.9. The number of rotatable bonds is 8. The Hall–Kier alpha value is -2.16. The number of hydrogen-bond acceptors (Lipinski definition) is 3. The minimum Gasteiger partial charge on any atom is -0.492 e. The van der Waals surface area contributed by atoms with Crippen LogP contribution in [-0.4, -0.2) is 19.8 Å². The highest BCUT2D eigenvalue weighted by Crippen LogP contribution is 2.24. The summed E-state index contributed by atoms with van der Waals surface area (Å²) >= 11 is 0. The quantitative estimate of drug-likeness (QED) is 0.737. The van der Waals surface area contributed by atoms with Crippen molar-refractivity contribution in [1.29, 1.82) is 0 Å². The third kappa shape index (κ3) is 5.38. The molecule has 0 amide bonds. The molecule has 0 saturated carbocycles. The molecular weight excluding hydrogens is 262 g/mol. The van der Waals surface area contributed by atoms with E-state index in [-0.39, 0.29) is 0 Å². The average molecular weight is 285 g/mol. The molecule has 2 rings (SSSR count). The summed E-state index contributed by atoms with van der Waals surface area (Å²) in [6.07, 6.45) is 0. The van der Waals surface area contributed by atoms with Crippen LogP contribution in [0, 0.1) is 5.92 Å². The number of para-hydroxylation sites is 3. The van der Waals surface area contributed by atoms with Crippen molar-refractivity contribution in [3.63, 3.8) is 0 Å². The Bertz CT molecular complexity index is 526. The third-order valence-corrected chi connectivity index (χ3v) is 2.89. The molecule has 2 aromatic carbocycles. The lowest BCUT2D eigenvalue weighted by molar-refractivity contribution is 0.272. The van der Waals surface area contributed by atoms with E-state index in [0.717, 1.165) is 30.3 Å². The SMILES string of the molecule is CC(C)COc1ccccc1NCCOc1ccccc1. The summed E-state index contributed by atoms with van der Waals surface area (Å²) in [5.74, 6) is 2.30. The molecule has 0 unspecified atom stereocenters. The first-order valence-corrected chi connectivity index (χ1v) is 7.39. The molecule has 0 radical (unpaired) electrons. The lowest BCUT2D eigenvalue weighted by atomic mass is 10.2.